The fraction of sp³-hybridized carbons (Fsp3) is 0.500. The van der Waals surface area contributed by atoms with Crippen LogP contribution in [0.25, 0.3) is 11.3 Å². The third-order valence-corrected chi connectivity index (χ3v) is 3.62. The van der Waals surface area contributed by atoms with Gasteiger partial charge in [0.05, 0.1) is 5.69 Å². The van der Waals surface area contributed by atoms with E-state index in [-0.39, 0.29) is 0 Å². The predicted octanol–water partition coefficient (Wildman–Crippen LogP) is 3.96. The van der Waals surface area contributed by atoms with E-state index in [1.54, 1.807) is 0 Å². The van der Waals surface area contributed by atoms with Crippen molar-refractivity contribution in [3.05, 3.63) is 41.6 Å². The highest BCUT2D eigenvalue weighted by molar-refractivity contribution is 5.63. The Bertz CT molecular complexity index is 565. The second-order valence-corrected chi connectivity index (χ2v) is 6.48. The van der Waals surface area contributed by atoms with Crippen molar-refractivity contribution in [3.63, 3.8) is 0 Å². The zero-order chi connectivity index (χ0) is 15.4. The molecule has 0 aliphatic heterocycles. The molecule has 0 aliphatic carbocycles. The summed E-state index contributed by atoms with van der Waals surface area (Å²) in [4.78, 5) is 0. The molecule has 0 saturated carbocycles. The molecule has 0 radical (unpaired) electrons. The minimum Gasteiger partial charge on any atom is -0.312 e. The fourth-order valence-electron chi connectivity index (χ4n) is 2.43. The van der Waals surface area contributed by atoms with Gasteiger partial charge in [-0.15, -0.1) is 0 Å². The number of hydrogen-bond donors (Lipinski definition) is 1. The lowest BCUT2D eigenvalue weighted by Gasteiger charge is -2.09. The molecule has 21 heavy (non-hydrogen) atoms. The van der Waals surface area contributed by atoms with Crippen molar-refractivity contribution in [3.8, 4) is 11.3 Å². The van der Waals surface area contributed by atoms with Gasteiger partial charge in [-0.3, -0.25) is 4.68 Å². The lowest BCUT2D eigenvalue weighted by atomic mass is 10.00. The SMILES string of the molecule is CC(C)CNCc1cn(C)nc1-c1ccc(C(C)C)cc1. The maximum Gasteiger partial charge on any atom is 0.0967 e. The molecular weight excluding hydrogens is 258 g/mol. The smallest absolute Gasteiger partial charge is 0.0967 e. The quantitative estimate of drug-likeness (QED) is 0.870. The van der Waals surface area contributed by atoms with Crippen molar-refractivity contribution in [2.24, 2.45) is 13.0 Å². The van der Waals surface area contributed by atoms with Gasteiger partial charge in [0, 0.05) is 30.9 Å². The molecule has 0 spiro atoms. The van der Waals surface area contributed by atoms with Crippen LogP contribution in [0.15, 0.2) is 30.5 Å². The number of aryl methyl sites for hydroxylation is 1. The summed E-state index contributed by atoms with van der Waals surface area (Å²) in [5.41, 5.74) is 4.91. The van der Waals surface area contributed by atoms with E-state index in [1.165, 1.54) is 16.7 Å². The molecule has 0 saturated heterocycles. The van der Waals surface area contributed by atoms with Crippen LogP contribution in [0.2, 0.25) is 0 Å². The Hall–Kier alpha value is -1.61. The average molecular weight is 285 g/mol. The predicted molar refractivity (Wildman–Crippen MR) is 89.3 cm³/mol. The molecule has 1 N–H and O–H groups in total. The zero-order valence-electron chi connectivity index (χ0n) is 13.9. The van der Waals surface area contributed by atoms with E-state index in [2.05, 4.69) is 68.6 Å². The standard InChI is InChI=1S/C18H27N3/c1-13(2)10-19-11-17-12-21(5)20-18(17)16-8-6-15(7-9-16)14(3)4/h6-9,12-14,19H,10-11H2,1-5H3. The van der Waals surface area contributed by atoms with Gasteiger partial charge in [-0.25, -0.2) is 0 Å². The van der Waals surface area contributed by atoms with Crippen LogP contribution in [-0.4, -0.2) is 16.3 Å². The number of benzene rings is 1. The molecule has 0 fully saturated rings. The molecule has 3 nitrogen and oxygen atoms in total. The Balaban J connectivity index is 2.18. The Labute approximate surface area is 128 Å². The van der Waals surface area contributed by atoms with Gasteiger partial charge in [0.15, 0.2) is 0 Å². The van der Waals surface area contributed by atoms with E-state index in [9.17, 15) is 0 Å². The minimum absolute atomic E-state index is 0.565. The van der Waals surface area contributed by atoms with Gasteiger partial charge in [-0.05, 0) is 23.9 Å². The first-order valence-electron chi connectivity index (χ1n) is 7.81. The van der Waals surface area contributed by atoms with Gasteiger partial charge in [0.1, 0.15) is 0 Å². The number of nitrogens with one attached hydrogen (secondary N) is 1. The van der Waals surface area contributed by atoms with Crippen molar-refractivity contribution in [1.82, 2.24) is 15.1 Å². The molecule has 1 heterocycles. The van der Waals surface area contributed by atoms with Crippen molar-refractivity contribution >= 4 is 0 Å². The topological polar surface area (TPSA) is 29.9 Å². The second-order valence-electron chi connectivity index (χ2n) is 6.48. The summed E-state index contributed by atoms with van der Waals surface area (Å²) in [7, 11) is 1.98. The maximum absolute atomic E-state index is 4.63. The molecule has 0 aliphatic rings. The highest BCUT2D eigenvalue weighted by Gasteiger charge is 2.10. The highest BCUT2D eigenvalue weighted by Crippen LogP contribution is 2.24. The molecule has 0 atom stereocenters. The Morgan fingerprint density at radius 3 is 2.33 bits per heavy atom. The number of rotatable bonds is 6. The molecule has 3 heteroatoms. The van der Waals surface area contributed by atoms with Crippen LogP contribution < -0.4 is 5.32 Å². The van der Waals surface area contributed by atoms with E-state index in [4.69, 9.17) is 0 Å². The third kappa shape index (κ3) is 4.18. The van der Waals surface area contributed by atoms with Crippen LogP contribution in [0.3, 0.4) is 0 Å². The Morgan fingerprint density at radius 1 is 1.10 bits per heavy atom. The molecule has 2 aromatic rings. The average Bonchev–Trinajstić information content (AvgIpc) is 2.79. The zero-order valence-corrected chi connectivity index (χ0v) is 13.9. The summed E-state index contributed by atoms with van der Waals surface area (Å²) in [5.74, 6) is 1.23. The summed E-state index contributed by atoms with van der Waals surface area (Å²) in [6, 6.07) is 8.78. The first kappa shape index (κ1) is 15.8. The molecular formula is C18H27N3. The highest BCUT2D eigenvalue weighted by atomic mass is 15.3. The molecule has 114 valence electrons. The third-order valence-electron chi connectivity index (χ3n) is 3.62. The summed E-state index contributed by atoms with van der Waals surface area (Å²) in [6.07, 6.45) is 2.11. The van der Waals surface area contributed by atoms with Gasteiger partial charge in [0.2, 0.25) is 0 Å². The van der Waals surface area contributed by atoms with Crippen LogP contribution in [0.4, 0.5) is 0 Å². The lowest BCUT2D eigenvalue weighted by molar-refractivity contribution is 0.552. The second kappa shape index (κ2) is 6.90. The van der Waals surface area contributed by atoms with E-state index in [1.807, 2.05) is 11.7 Å². The Morgan fingerprint density at radius 2 is 1.76 bits per heavy atom. The number of nitrogens with zero attached hydrogens (tertiary/aromatic N) is 2. The van der Waals surface area contributed by atoms with Crippen molar-refractivity contribution < 1.29 is 0 Å². The van der Waals surface area contributed by atoms with Gasteiger partial charge in [0.25, 0.3) is 0 Å². The molecule has 0 bridgehead atoms. The molecule has 0 unspecified atom stereocenters. The van der Waals surface area contributed by atoms with Crippen LogP contribution >= 0.6 is 0 Å². The molecule has 1 aromatic carbocycles. The van der Waals surface area contributed by atoms with E-state index < -0.39 is 0 Å². The maximum atomic E-state index is 4.63. The normalized spacial score (nSPS) is 11.6. The molecule has 1 aromatic heterocycles. The summed E-state index contributed by atoms with van der Waals surface area (Å²) >= 11 is 0. The monoisotopic (exact) mass is 285 g/mol. The van der Waals surface area contributed by atoms with Crippen LogP contribution in [-0.2, 0) is 13.6 Å². The van der Waals surface area contributed by atoms with Crippen LogP contribution in [0.5, 0.6) is 0 Å². The van der Waals surface area contributed by atoms with Crippen molar-refractivity contribution in [1.29, 1.82) is 0 Å². The van der Waals surface area contributed by atoms with Crippen LogP contribution in [0.1, 0.15) is 44.7 Å². The van der Waals surface area contributed by atoms with Gasteiger partial charge in [-0.2, -0.15) is 5.10 Å². The van der Waals surface area contributed by atoms with Gasteiger partial charge >= 0.3 is 0 Å². The summed E-state index contributed by atoms with van der Waals surface area (Å²) < 4.78 is 1.90. The van der Waals surface area contributed by atoms with Gasteiger partial charge < -0.3 is 5.32 Å². The van der Waals surface area contributed by atoms with Gasteiger partial charge in [-0.1, -0.05) is 52.0 Å². The molecule has 2 rings (SSSR count). The lowest BCUT2D eigenvalue weighted by Crippen LogP contribution is -2.19. The summed E-state index contributed by atoms with van der Waals surface area (Å²) in [5, 5.41) is 8.13. The fourth-order valence-corrected chi connectivity index (χ4v) is 2.43. The number of hydrogen-bond acceptors (Lipinski definition) is 2. The number of aromatic nitrogens is 2. The van der Waals surface area contributed by atoms with E-state index in [0.717, 1.165) is 18.8 Å². The summed E-state index contributed by atoms with van der Waals surface area (Å²) in [6.45, 7) is 10.8. The first-order valence-corrected chi connectivity index (χ1v) is 7.81. The van der Waals surface area contributed by atoms with Crippen LogP contribution in [0, 0.1) is 5.92 Å². The van der Waals surface area contributed by atoms with Crippen molar-refractivity contribution in [2.45, 2.75) is 40.2 Å². The van der Waals surface area contributed by atoms with E-state index >= 15 is 0 Å². The largest absolute Gasteiger partial charge is 0.312 e. The van der Waals surface area contributed by atoms with E-state index in [0.29, 0.717) is 11.8 Å². The van der Waals surface area contributed by atoms with Crippen molar-refractivity contribution in [2.75, 3.05) is 6.54 Å². The molecule has 0 amide bonds. The minimum atomic E-state index is 0.565. The Kier molecular flexibility index (Phi) is 5.18. The first-order chi connectivity index (χ1) is 9.97.